The summed E-state index contributed by atoms with van der Waals surface area (Å²) in [6, 6.07) is 14.7. The molecule has 2 aromatic carbocycles. The van der Waals surface area contributed by atoms with Crippen molar-refractivity contribution in [1.82, 2.24) is 10.2 Å². The molecule has 2 aromatic rings. The molecular weight excluding hydrogens is 470 g/mol. The van der Waals surface area contributed by atoms with Crippen LogP contribution in [0.3, 0.4) is 0 Å². The molecule has 4 rings (SSSR count). The second-order valence-electron chi connectivity index (χ2n) is 9.84. The van der Waals surface area contributed by atoms with E-state index >= 15 is 0 Å². The minimum atomic E-state index is -0.685. The normalized spacial score (nSPS) is 16.6. The van der Waals surface area contributed by atoms with Gasteiger partial charge in [0, 0.05) is 30.6 Å². The second kappa shape index (κ2) is 12.5. The number of amides is 2. The highest BCUT2D eigenvalue weighted by molar-refractivity contribution is 6.04. The number of nitrogens with one attached hydrogen (secondary N) is 2. The van der Waals surface area contributed by atoms with Crippen LogP contribution in [-0.2, 0) is 14.3 Å². The van der Waals surface area contributed by atoms with Crippen LogP contribution in [0.1, 0.15) is 67.3 Å². The van der Waals surface area contributed by atoms with E-state index in [0.717, 1.165) is 49.7 Å². The number of amidine groups is 1. The van der Waals surface area contributed by atoms with Gasteiger partial charge in [-0.3, -0.25) is 20.3 Å². The van der Waals surface area contributed by atoms with Gasteiger partial charge in [0.15, 0.2) is 0 Å². The monoisotopic (exact) mass is 505 g/mol. The van der Waals surface area contributed by atoms with Crippen molar-refractivity contribution in [3.8, 4) is 11.1 Å². The van der Waals surface area contributed by atoms with Crippen molar-refractivity contribution in [3.05, 3.63) is 59.7 Å². The molecule has 2 aliphatic rings. The molecule has 1 aliphatic carbocycles. The number of hydrogen-bond donors (Lipinski definition) is 2. The number of piperidine rings is 1. The molecule has 0 aromatic heterocycles. The lowest BCUT2D eigenvalue weighted by molar-refractivity contribution is -0.152. The topological polar surface area (TPSA) is 109 Å². The maximum atomic E-state index is 13.0. The van der Waals surface area contributed by atoms with E-state index in [2.05, 4.69) is 10.1 Å². The van der Waals surface area contributed by atoms with E-state index in [1.807, 2.05) is 41.3 Å². The van der Waals surface area contributed by atoms with E-state index in [9.17, 15) is 14.4 Å². The van der Waals surface area contributed by atoms with Crippen molar-refractivity contribution in [2.24, 2.45) is 5.92 Å². The van der Waals surface area contributed by atoms with Gasteiger partial charge in [0.1, 0.15) is 11.9 Å². The Morgan fingerprint density at radius 2 is 1.43 bits per heavy atom. The van der Waals surface area contributed by atoms with E-state index in [-0.39, 0.29) is 29.7 Å². The first-order valence-corrected chi connectivity index (χ1v) is 13.1. The van der Waals surface area contributed by atoms with Crippen LogP contribution in [0.4, 0.5) is 4.79 Å². The van der Waals surface area contributed by atoms with Gasteiger partial charge in [-0.2, -0.15) is 0 Å². The SMILES string of the molecule is COC(=O)NC(=N)c1ccc(-c2ccc(C(=O)N3CCC(CC(=O)OC4CCCCC4)CC3)cc2)cc1. The molecule has 0 spiro atoms. The predicted octanol–water partition coefficient (Wildman–Crippen LogP) is 5.15. The molecule has 0 atom stereocenters. The van der Waals surface area contributed by atoms with Crippen molar-refractivity contribution < 1.29 is 23.9 Å². The summed E-state index contributed by atoms with van der Waals surface area (Å²) in [4.78, 5) is 38.5. The highest BCUT2D eigenvalue weighted by Gasteiger charge is 2.27. The molecule has 196 valence electrons. The number of rotatable bonds is 6. The zero-order chi connectivity index (χ0) is 26.2. The third kappa shape index (κ3) is 7.18. The van der Waals surface area contributed by atoms with Crippen molar-refractivity contribution in [2.75, 3.05) is 20.2 Å². The molecule has 1 aliphatic heterocycles. The van der Waals surface area contributed by atoms with Crippen molar-refractivity contribution in [3.63, 3.8) is 0 Å². The van der Waals surface area contributed by atoms with Gasteiger partial charge in [0.25, 0.3) is 5.91 Å². The molecule has 2 amide bonds. The largest absolute Gasteiger partial charge is 0.462 e. The van der Waals surface area contributed by atoms with Crippen LogP contribution < -0.4 is 5.32 Å². The lowest BCUT2D eigenvalue weighted by Gasteiger charge is -2.32. The summed E-state index contributed by atoms with van der Waals surface area (Å²) in [5.74, 6) is 0.156. The Labute approximate surface area is 217 Å². The Kier molecular flexibility index (Phi) is 8.93. The third-order valence-corrected chi connectivity index (χ3v) is 7.26. The smallest absolute Gasteiger partial charge is 0.412 e. The van der Waals surface area contributed by atoms with E-state index < -0.39 is 6.09 Å². The molecule has 0 bridgehead atoms. The zero-order valence-corrected chi connectivity index (χ0v) is 21.3. The minimum Gasteiger partial charge on any atom is -0.462 e. The fourth-order valence-corrected chi connectivity index (χ4v) is 5.04. The van der Waals surface area contributed by atoms with Crippen LogP contribution >= 0.6 is 0 Å². The molecule has 0 radical (unpaired) electrons. The lowest BCUT2D eigenvalue weighted by Crippen LogP contribution is -2.39. The Hall–Kier alpha value is -3.68. The number of methoxy groups -OCH3 is 1. The fraction of sp³-hybridized carbons (Fsp3) is 0.448. The Morgan fingerprint density at radius 3 is 2.00 bits per heavy atom. The number of carbonyl (C=O) groups excluding carboxylic acids is 3. The molecular formula is C29H35N3O5. The molecule has 1 saturated heterocycles. The van der Waals surface area contributed by atoms with Crippen molar-refractivity contribution in [2.45, 2.75) is 57.5 Å². The fourth-order valence-electron chi connectivity index (χ4n) is 5.04. The Balaban J connectivity index is 1.26. The third-order valence-electron chi connectivity index (χ3n) is 7.26. The van der Waals surface area contributed by atoms with Gasteiger partial charge in [0.2, 0.25) is 0 Å². The highest BCUT2D eigenvalue weighted by atomic mass is 16.5. The standard InChI is InChI=1S/C29H35N3O5/c1-36-29(35)31-27(30)23-11-7-21(8-12-23)22-9-13-24(14-10-22)28(34)32-17-15-20(16-18-32)19-26(33)37-25-5-3-2-4-6-25/h7-14,20,25H,2-6,15-19H2,1H3,(H2,30,31,35). The number of likely N-dealkylation sites (tertiary alicyclic amines) is 1. The van der Waals surface area contributed by atoms with Gasteiger partial charge >= 0.3 is 12.1 Å². The summed E-state index contributed by atoms with van der Waals surface area (Å²) < 4.78 is 10.2. The number of esters is 1. The molecule has 2 N–H and O–H groups in total. The number of hydrogen-bond acceptors (Lipinski definition) is 6. The Bertz CT molecular complexity index is 1100. The van der Waals surface area contributed by atoms with E-state index in [0.29, 0.717) is 30.6 Å². The molecule has 8 heteroatoms. The van der Waals surface area contributed by atoms with Crippen LogP contribution in [0.2, 0.25) is 0 Å². The highest BCUT2D eigenvalue weighted by Crippen LogP contribution is 2.26. The van der Waals surface area contributed by atoms with Crippen LogP contribution in [0.25, 0.3) is 11.1 Å². The number of alkyl carbamates (subject to hydrolysis) is 1. The summed E-state index contributed by atoms with van der Waals surface area (Å²) in [5.41, 5.74) is 3.09. The first kappa shape index (κ1) is 26.4. The first-order chi connectivity index (χ1) is 17.9. The predicted molar refractivity (Wildman–Crippen MR) is 140 cm³/mol. The number of carbonyl (C=O) groups is 3. The molecule has 1 heterocycles. The van der Waals surface area contributed by atoms with Gasteiger partial charge in [0.05, 0.1) is 7.11 Å². The maximum Gasteiger partial charge on any atom is 0.412 e. The number of benzene rings is 2. The van der Waals surface area contributed by atoms with Crippen molar-refractivity contribution >= 4 is 23.8 Å². The van der Waals surface area contributed by atoms with E-state index in [4.69, 9.17) is 10.1 Å². The summed E-state index contributed by atoms with van der Waals surface area (Å²) in [7, 11) is 1.25. The van der Waals surface area contributed by atoms with Gasteiger partial charge in [-0.15, -0.1) is 0 Å². The number of nitrogens with zero attached hydrogens (tertiary/aromatic N) is 1. The second-order valence-corrected chi connectivity index (χ2v) is 9.84. The Morgan fingerprint density at radius 1 is 0.865 bits per heavy atom. The summed E-state index contributed by atoms with van der Waals surface area (Å²) in [6.07, 6.45) is 7.00. The van der Waals surface area contributed by atoms with Gasteiger partial charge in [-0.05, 0) is 67.7 Å². The lowest BCUT2D eigenvalue weighted by atomic mass is 9.93. The molecule has 8 nitrogen and oxygen atoms in total. The summed E-state index contributed by atoms with van der Waals surface area (Å²) in [5, 5.41) is 10.3. The van der Waals surface area contributed by atoms with Crippen LogP contribution in [0.5, 0.6) is 0 Å². The quantitative estimate of drug-likeness (QED) is 0.320. The van der Waals surface area contributed by atoms with Crippen molar-refractivity contribution in [1.29, 1.82) is 5.41 Å². The minimum absolute atomic E-state index is 0.00691. The summed E-state index contributed by atoms with van der Waals surface area (Å²) in [6.45, 7) is 1.30. The van der Waals surface area contributed by atoms with Crippen LogP contribution in [-0.4, -0.2) is 55.0 Å². The van der Waals surface area contributed by atoms with Gasteiger partial charge in [-0.1, -0.05) is 42.8 Å². The van der Waals surface area contributed by atoms with E-state index in [1.165, 1.54) is 13.5 Å². The first-order valence-electron chi connectivity index (χ1n) is 13.1. The average molecular weight is 506 g/mol. The van der Waals surface area contributed by atoms with Crippen LogP contribution in [0, 0.1) is 11.3 Å². The zero-order valence-electron chi connectivity index (χ0n) is 21.3. The van der Waals surface area contributed by atoms with Crippen LogP contribution in [0.15, 0.2) is 48.5 Å². The maximum absolute atomic E-state index is 13.0. The molecule has 2 fully saturated rings. The summed E-state index contributed by atoms with van der Waals surface area (Å²) >= 11 is 0. The van der Waals surface area contributed by atoms with Gasteiger partial charge in [-0.25, -0.2) is 4.79 Å². The molecule has 1 saturated carbocycles. The molecule has 37 heavy (non-hydrogen) atoms. The van der Waals surface area contributed by atoms with E-state index in [1.54, 1.807) is 12.1 Å². The average Bonchev–Trinajstić information content (AvgIpc) is 2.93. The number of ether oxygens (including phenoxy) is 2. The molecule has 0 unspecified atom stereocenters. The van der Waals surface area contributed by atoms with Gasteiger partial charge < -0.3 is 14.4 Å².